The fourth-order valence-electron chi connectivity index (χ4n) is 2.01. The van der Waals surface area contributed by atoms with E-state index in [9.17, 15) is 10.1 Å². The predicted molar refractivity (Wildman–Crippen MR) is 86.4 cm³/mol. The van der Waals surface area contributed by atoms with Crippen LogP contribution in [-0.4, -0.2) is 12.0 Å². The highest BCUT2D eigenvalue weighted by Crippen LogP contribution is 2.26. The molecule has 22 heavy (non-hydrogen) atoms. The molecule has 0 saturated heterocycles. The Hall–Kier alpha value is -2.29. The van der Waals surface area contributed by atoms with Crippen molar-refractivity contribution in [3.05, 3.63) is 67.7 Å². The van der Waals surface area contributed by atoms with Gasteiger partial charge in [-0.3, -0.25) is 10.1 Å². The third-order valence-corrected chi connectivity index (χ3v) is 3.88. The number of nitrogens with zero attached hydrogens (tertiary/aromatic N) is 3. The number of nitro groups is 1. The van der Waals surface area contributed by atoms with Gasteiger partial charge in [0.25, 0.3) is 5.69 Å². The summed E-state index contributed by atoms with van der Waals surface area (Å²) >= 11 is 11.9. The molecule has 0 unspecified atom stereocenters. The molecule has 2 aromatic carbocycles. The normalized spacial score (nSPS) is 10.1. The maximum absolute atomic E-state index is 10.8. The number of hydrogen-bond acceptors (Lipinski definition) is 4. The van der Waals surface area contributed by atoms with Crippen molar-refractivity contribution in [3.63, 3.8) is 0 Å². The summed E-state index contributed by atoms with van der Waals surface area (Å²) in [5.41, 5.74) is 1.47. The zero-order valence-electron chi connectivity index (χ0n) is 11.6. The monoisotopic (exact) mass is 335 g/mol. The summed E-state index contributed by atoms with van der Waals surface area (Å²) in [6.07, 6.45) is 0. The molecule has 0 N–H and O–H groups in total. The molecule has 0 aliphatic carbocycles. The van der Waals surface area contributed by atoms with Crippen molar-refractivity contribution in [2.45, 2.75) is 6.54 Å². The minimum absolute atomic E-state index is 0.0310. The lowest BCUT2D eigenvalue weighted by Gasteiger charge is -2.19. The zero-order valence-corrected chi connectivity index (χ0v) is 13.1. The number of rotatable bonds is 4. The second-order valence-corrected chi connectivity index (χ2v) is 5.49. The van der Waals surface area contributed by atoms with Gasteiger partial charge >= 0.3 is 0 Å². The first-order valence-corrected chi connectivity index (χ1v) is 7.01. The highest BCUT2D eigenvalue weighted by molar-refractivity contribution is 6.42. The van der Waals surface area contributed by atoms with E-state index in [1.165, 1.54) is 12.1 Å². The molecule has 0 bridgehead atoms. The van der Waals surface area contributed by atoms with E-state index in [-0.39, 0.29) is 11.3 Å². The molecule has 5 nitrogen and oxygen atoms in total. The van der Waals surface area contributed by atoms with E-state index >= 15 is 0 Å². The van der Waals surface area contributed by atoms with Crippen molar-refractivity contribution < 1.29 is 4.92 Å². The smallest absolute Gasteiger partial charge is 0.287 e. The van der Waals surface area contributed by atoms with Crippen LogP contribution in [0.3, 0.4) is 0 Å². The first kappa shape index (κ1) is 16.1. The maximum atomic E-state index is 10.8. The number of nitriles is 1. The van der Waals surface area contributed by atoms with E-state index in [1.807, 2.05) is 24.1 Å². The number of nitro benzene ring substituents is 1. The Morgan fingerprint density at radius 1 is 1.23 bits per heavy atom. The second kappa shape index (κ2) is 6.65. The minimum Gasteiger partial charge on any atom is -0.370 e. The van der Waals surface area contributed by atoms with E-state index in [2.05, 4.69) is 0 Å². The van der Waals surface area contributed by atoms with E-state index in [4.69, 9.17) is 28.5 Å². The predicted octanol–water partition coefficient (Wildman–Crippen LogP) is 4.41. The van der Waals surface area contributed by atoms with Gasteiger partial charge in [0.1, 0.15) is 11.6 Å². The van der Waals surface area contributed by atoms with Crippen LogP contribution in [0, 0.1) is 21.4 Å². The molecule has 0 aliphatic rings. The molecule has 0 radical (unpaired) electrons. The SMILES string of the molecule is CN(Cc1ccc(Cl)c(Cl)c1)c1ccc([N+](=O)[O-])c(C#N)c1. The Morgan fingerprint density at radius 2 is 1.95 bits per heavy atom. The first-order valence-electron chi connectivity index (χ1n) is 6.26. The van der Waals surface area contributed by atoms with Crippen molar-refractivity contribution >= 4 is 34.6 Å². The summed E-state index contributed by atoms with van der Waals surface area (Å²) < 4.78 is 0. The highest BCUT2D eigenvalue weighted by atomic mass is 35.5. The lowest BCUT2D eigenvalue weighted by molar-refractivity contribution is -0.385. The van der Waals surface area contributed by atoms with Crippen molar-refractivity contribution in [2.75, 3.05) is 11.9 Å². The summed E-state index contributed by atoms with van der Waals surface area (Å²) in [6.45, 7) is 0.527. The van der Waals surface area contributed by atoms with Gasteiger partial charge in [-0.25, -0.2) is 0 Å². The molecule has 0 aliphatic heterocycles. The molecular weight excluding hydrogens is 325 g/mol. The van der Waals surface area contributed by atoms with Crippen LogP contribution in [0.2, 0.25) is 10.0 Å². The van der Waals surface area contributed by atoms with Crippen LogP contribution in [0.4, 0.5) is 11.4 Å². The second-order valence-electron chi connectivity index (χ2n) is 4.67. The van der Waals surface area contributed by atoms with E-state index in [0.717, 1.165) is 5.56 Å². The quantitative estimate of drug-likeness (QED) is 0.612. The molecule has 112 valence electrons. The average molecular weight is 336 g/mol. The van der Waals surface area contributed by atoms with Gasteiger partial charge < -0.3 is 4.90 Å². The van der Waals surface area contributed by atoms with Crippen LogP contribution in [0.15, 0.2) is 36.4 Å². The number of benzene rings is 2. The Bertz CT molecular complexity index is 772. The highest BCUT2D eigenvalue weighted by Gasteiger charge is 2.15. The van der Waals surface area contributed by atoms with Crippen LogP contribution in [0.25, 0.3) is 0 Å². The van der Waals surface area contributed by atoms with Gasteiger partial charge in [-0.05, 0) is 29.8 Å². The van der Waals surface area contributed by atoms with Crippen LogP contribution in [-0.2, 0) is 6.54 Å². The van der Waals surface area contributed by atoms with Crippen LogP contribution in [0.1, 0.15) is 11.1 Å². The summed E-state index contributed by atoms with van der Waals surface area (Å²) in [7, 11) is 1.82. The molecule has 0 saturated carbocycles. The van der Waals surface area contributed by atoms with E-state index in [1.54, 1.807) is 18.2 Å². The lowest BCUT2D eigenvalue weighted by Crippen LogP contribution is -2.16. The molecule has 0 aromatic heterocycles. The van der Waals surface area contributed by atoms with Gasteiger partial charge in [0.05, 0.1) is 15.0 Å². The fraction of sp³-hybridized carbons (Fsp3) is 0.133. The molecule has 7 heteroatoms. The molecule has 0 spiro atoms. The van der Waals surface area contributed by atoms with Gasteiger partial charge in [0, 0.05) is 25.3 Å². The van der Waals surface area contributed by atoms with Gasteiger partial charge in [-0.15, -0.1) is 0 Å². The Morgan fingerprint density at radius 3 is 2.55 bits per heavy atom. The van der Waals surface area contributed by atoms with Gasteiger partial charge in [0.15, 0.2) is 0 Å². The number of hydrogen-bond donors (Lipinski definition) is 0. The number of halogens is 2. The van der Waals surface area contributed by atoms with E-state index in [0.29, 0.717) is 22.3 Å². The first-order chi connectivity index (χ1) is 10.4. The molecule has 0 fully saturated rings. The third kappa shape index (κ3) is 3.48. The Kier molecular flexibility index (Phi) is 4.86. The summed E-state index contributed by atoms with van der Waals surface area (Å²) in [5.74, 6) is 0. The Labute approximate surface area is 137 Å². The fourth-order valence-corrected chi connectivity index (χ4v) is 2.33. The van der Waals surface area contributed by atoms with Gasteiger partial charge in [-0.1, -0.05) is 29.3 Å². The number of anilines is 1. The molecule has 0 atom stereocenters. The maximum Gasteiger partial charge on any atom is 0.287 e. The summed E-state index contributed by atoms with van der Waals surface area (Å²) in [4.78, 5) is 12.1. The van der Waals surface area contributed by atoms with Crippen molar-refractivity contribution in [2.24, 2.45) is 0 Å². The van der Waals surface area contributed by atoms with E-state index < -0.39 is 4.92 Å². The largest absolute Gasteiger partial charge is 0.370 e. The zero-order chi connectivity index (χ0) is 16.3. The molecule has 2 rings (SSSR count). The van der Waals surface area contributed by atoms with Gasteiger partial charge in [-0.2, -0.15) is 5.26 Å². The molecule has 0 amide bonds. The van der Waals surface area contributed by atoms with Crippen molar-refractivity contribution in [1.82, 2.24) is 0 Å². The molecular formula is C15H11Cl2N3O2. The average Bonchev–Trinajstić information content (AvgIpc) is 2.50. The van der Waals surface area contributed by atoms with Gasteiger partial charge in [0.2, 0.25) is 0 Å². The molecule has 0 heterocycles. The van der Waals surface area contributed by atoms with Crippen molar-refractivity contribution in [3.8, 4) is 6.07 Å². The lowest BCUT2D eigenvalue weighted by atomic mass is 10.1. The topological polar surface area (TPSA) is 70.2 Å². The summed E-state index contributed by atoms with van der Waals surface area (Å²) in [5, 5.41) is 20.8. The van der Waals surface area contributed by atoms with Crippen LogP contribution >= 0.6 is 23.2 Å². The van der Waals surface area contributed by atoms with Crippen LogP contribution in [0.5, 0.6) is 0 Å². The molecule has 2 aromatic rings. The minimum atomic E-state index is -0.568. The summed E-state index contributed by atoms with van der Waals surface area (Å²) in [6, 6.07) is 11.6. The van der Waals surface area contributed by atoms with Crippen LogP contribution < -0.4 is 4.90 Å². The Balaban J connectivity index is 2.26. The standard InChI is InChI=1S/C15H11Cl2N3O2/c1-19(9-10-2-4-13(16)14(17)6-10)12-3-5-15(20(21)22)11(7-12)8-18/h2-7H,9H2,1H3. The third-order valence-electron chi connectivity index (χ3n) is 3.14. The van der Waals surface area contributed by atoms with Crippen molar-refractivity contribution in [1.29, 1.82) is 5.26 Å².